The number of aliphatic carboxylic acids is 1. The summed E-state index contributed by atoms with van der Waals surface area (Å²) in [6.07, 6.45) is 1.39. The van der Waals surface area contributed by atoms with E-state index in [2.05, 4.69) is 15.4 Å². The first kappa shape index (κ1) is 20.8. The Morgan fingerprint density at radius 2 is 1.72 bits per heavy atom. The molecule has 1 atom stereocenters. The number of para-hydroxylation sites is 1. The minimum Gasteiger partial charge on any atom is -0.481 e. The number of nitrogens with one attached hydrogen (secondary N) is 2. The van der Waals surface area contributed by atoms with E-state index >= 15 is 0 Å². The Morgan fingerprint density at radius 1 is 1.00 bits per heavy atom. The zero-order valence-electron chi connectivity index (χ0n) is 16.9. The Hall–Kier alpha value is -4.46. The molecule has 2 heterocycles. The van der Waals surface area contributed by atoms with E-state index in [-0.39, 0.29) is 12.1 Å². The minimum atomic E-state index is -1.06. The molecule has 0 spiro atoms. The van der Waals surface area contributed by atoms with Gasteiger partial charge >= 0.3 is 5.97 Å². The van der Waals surface area contributed by atoms with Crippen LogP contribution < -0.4 is 10.9 Å². The third kappa shape index (κ3) is 4.65. The van der Waals surface area contributed by atoms with Crippen molar-refractivity contribution in [2.75, 3.05) is 0 Å². The monoisotopic (exact) mass is 428 g/mol. The van der Waals surface area contributed by atoms with E-state index in [9.17, 15) is 19.5 Å². The smallest absolute Gasteiger partial charge is 0.305 e. The highest BCUT2D eigenvalue weighted by atomic mass is 16.4. The quantitative estimate of drug-likeness (QED) is 0.418. The molecular weight excluding hydrogens is 408 g/mol. The highest BCUT2D eigenvalue weighted by Crippen LogP contribution is 2.22. The van der Waals surface area contributed by atoms with Crippen LogP contribution in [0.2, 0.25) is 0 Å². The molecule has 3 N–H and O–H groups in total. The molecule has 8 nitrogen and oxygen atoms in total. The highest BCUT2D eigenvalue weighted by molar-refractivity contribution is 5.92. The molecule has 0 radical (unpaired) electrons. The number of carboxylic acids is 1. The lowest BCUT2D eigenvalue weighted by Crippen LogP contribution is -2.30. The van der Waals surface area contributed by atoms with Gasteiger partial charge in [0.15, 0.2) is 0 Å². The molecule has 0 bridgehead atoms. The van der Waals surface area contributed by atoms with Crippen molar-refractivity contribution in [2.24, 2.45) is 0 Å². The van der Waals surface area contributed by atoms with Gasteiger partial charge in [0, 0.05) is 17.8 Å². The van der Waals surface area contributed by atoms with Crippen LogP contribution in [-0.4, -0.2) is 31.7 Å². The molecule has 0 fully saturated rings. The fourth-order valence-corrected chi connectivity index (χ4v) is 3.36. The van der Waals surface area contributed by atoms with Crippen molar-refractivity contribution in [3.05, 3.63) is 107 Å². The van der Waals surface area contributed by atoms with Crippen LogP contribution in [0.5, 0.6) is 0 Å². The Balaban J connectivity index is 1.56. The molecule has 4 aromatic rings. The molecule has 4 rings (SSSR count). The molecule has 1 unspecified atom stereocenters. The topological polar surface area (TPSA) is 117 Å². The molecule has 2 aromatic heterocycles. The van der Waals surface area contributed by atoms with Gasteiger partial charge in [0.2, 0.25) is 0 Å². The Bertz CT molecular complexity index is 1280. The number of rotatable bonds is 7. The van der Waals surface area contributed by atoms with Crippen molar-refractivity contribution >= 4 is 11.9 Å². The van der Waals surface area contributed by atoms with E-state index in [1.54, 1.807) is 42.6 Å². The SMILES string of the molecule is O=C(O)CC(NC(=O)c1cc(=O)n(-c2ccccc2)[nH]1)c1ccc(-c2ccccn2)cc1. The lowest BCUT2D eigenvalue weighted by Gasteiger charge is -2.17. The van der Waals surface area contributed by atoms with Crippen molar-refractivity contribution in [1.82, 2.24) is 20.1 Å². The molecule has 0 saturated carbocycles. The normalized spacial score (nSPS) is 11.6. The van der Waals surface area contributed by atoms with E-state index < -0.39 is 23.5 Å². The summed E-state index contributed by atoms with van der Waals surface area (Å²) in [5.74, 6) is -1.63. The summed E-state index contributed by atoms with van der Waals surface area (Å²) in [7, 11) is 0. The summed E-state index contributed by atoms with van der Waals surface area (Å²) >= 11 is 0. The van der Waals surface area contributed by atoms with Gasteiger partial charge in [-0.1, -0.05) is 48.5 Å². The standard InChI is InChI=1S/C24H20N4O4/c29-22-14-21(27-28(22)18-6-2-1-3-7-18)24(32)26-20(15-23(30)31)17-11-9-16(10-12-17)19-8-4-5-13-25-19/h1-14,20,27H,15H2,(H,26,32)(H,30,31). The predicted molar refractivity (Wildman–Crippen MR) is 119 cm³/mol. The van der Waals surface area contributed by atoms with Gasteiger partial charge in [0.1, 0.15) is 5.69 Å². The number of aromatic amines is 1. The van der Waals surface area contributed by atoms with Gasteiger partial charge in [-0.3, -0.25) is 24.5 Å². The number of hydrogen-bond donors (Lipinski definition) is 3. The molecule has 1 amide bonds. The Morgan fingerprint density at radius 3 is 2.38 bits per heavy atom. The summed E-state index contributed by atoms with van der Waals surface area (Å²) in [6.45, 7) is 0. The average Bonchev–Trinajstić information content (AvgIpc) is 3.21. The fraction of sp³-hybridized carbons (Fsp3) is 0.0833. The number of pyridine rings is 1. The van der Waals surface area contributed by atoms with Gasteiger partial charge in [-0.2, -0.15) is 0 Å². The number of hydrogen-bond acceptors (Lipinski definition) is 4. The molecule has 0 aliphatic carbocycles. The van der Waals surface area contributed by atoms with E-state index in [1.807, 2.05) is 36.4 Å². The van der Waals surface area contributed by atoms with Crippen molar-refractivity contribution < 1.29 is 14.7 Å². The Labute approximate surface area is 183 Å². The number of benzene rings is 2. The molecule has 0 aliphatic rings. The molecule has 8 heteroatoms. The van der Waals surface area contributed by atoms with Crippen LogP contribution in [0.25, 0.3) is 16.9 Å². The van der Waals surface area contributed by atoms with Crippen LogP contribution >= 0.6 is 0 Å². The third-order valence-electron chi connectivity index (χ3n) is 4.94. The van der Waals surface area contributed by atoms with Crippen LogP contribution in [0, 0.1) is 0 Å². The van der Waals surface area contributed by atoms with Crippen LogP contribution in [0.15, 0.2) is 89.9 Å². The number of amides is 1. The maximum absolute atomic E-state index is 12.8. The first-order valence-corrected chi connectivity index (χ1v) is 9.93. The zero-order valence-corrected chi connectivity index (χ0v) is 16.9. The van der Waals surface area contributed by atoms with E-state index in [0.29, 0.717) is 11.3 Å². The summed E-state index contributed by atoms with van der Waals surface area (Å²) in [5, 5.41) is 14.8. The van der Waals surface area contributed by atoms with Crippen LogP contribution in [0.1, 0.15) is 28.5 Å². The van der Waals surface area contributed by atoms with E-state index in [1.165, 1.54) is 10.7 Å². The molecule has 160 valence electrons. The van der Waals surface area contributed by atoms with E-state index in [0.717, 1.165) is 11.3 Å². The summed E-state index contributed by atoms with van der Waals surface area (Å²) in [4.78, 5) is 40.8. The van der Waals surface area contributed by atoms with Gasteiger partial charge in [0.25, 0.3) is 11.5 Å². The second-order valence-electron chi connectivity index (χ2n) is 7.14. The molecule has 0 aliphatic heterocycles. The summed E-state index contributed by atoms with van der Waals surface area (Å²) < 4.78 is 1.25. The van der Waals surface area contributed by atoms with Crippen LogP contribution in [-0.2, 0) is 4.79 Å². The van der Waals surface area contributed by atoms with Crippen molar-refractivity contribution in [3.8, 4) is 16.9 Å². The lowest BCUT2D eigenvalue weighted by atomic mass is 10.0. The first-order chi connectivity index (χ1) is 15.5. The second kappa shape index (κ2) is 9.13. The maximum Gasteiger partial charge on any atom is 0.305 e. The predicted octanol–water partition coefficient (Wildman–Crippen LogP) is 3.17. The number of aromatic nitrogens is 3. The fourth-order valence-electron chi connectivity index (χ4n) is 3.36. The van der Waals surface area contributed by atoms with Crippen LogP contribution in [0.3, 0.4) is 0 Å². The van der Waals surface area contributed by atoms with Crippen molar-refractivity contribution in [2.45, 2.75) is 12.5 Å². The highest BCUT2D eigenvalue weighted by Gasteiger charge is 2.21. The van der Waals surface area contributed by atoms with Gasteiger partial charge in [-0.05, 0) is 29.8 Å². The number of nitrogens with zero attached hydrogens (tertiary/aromatic N) is 2. The number of carbonyl (C=O) groups is 2. The van der Waals surface area contributed by atoms with E-state index in [4.69, 9.17) is 0 Å². The van der Waals surface area contributed by atoms with Gasteiger partial charge in [-0.25, -0.2) is 4.68 Å². The Kier molecular flexibility index (Phi) is 5.94. The molecule has 2 aromatic carbocycles. The third-order valence-corrected chi connectivity index (χ3v) is 4.94. The summed E-state index contributed by atoms with van der Waals surface area (Å²) in [6, 6.07) is 22.0. The van der Waals surface area contributed by atoms with Gasteiger partial charge in [-0.15, -0.1) is 0 Å². The first-order valence-electron chi connectivity index (χ1n) is 9.93. The lowest BCUT2D eigenvalue weighted by molar-refractivity contribution is -0.137. The average molecular weight is 428 g/mol. The van der Waals surface area contributed by atoms with Gasteiger partial charge < -0.3 is 10.4 Å². The van der Waals surface area contributed by atoms with Gasteiger partial charge in [0.05, 0.1) is 23.8 Å². The molecule has 0 saturated heterocycles. The largest absolute Gasteiger partial charge is 0.481 e. The van der Waals surface area contributed by atoms with Crippen molar-refractivity contribution in [1.29, 1.82) is 0 Å². The summed E-state index contributed by atoms with van der Waals surface area (Å²) in [5.41, 5.74) is 2.53. The zero-order chi connectivity index (χ0) is 22.5. The maximum atomic E-state index is 12.8. The second-order valence-corrected chi connectivity index (χ2v) is 7.14. The molecule has 32 heavy (non-hydrogen) atoms. The number of H-pyrrole nitrogens is 1. The minimum absolute atomic E-state index is 0.0411. The molecular formula is C24H20N4O4. The number of carboxylic acid groups (broad SMARTS) is 1. The van der Waals surface area contributed by atoms with Crippen LogP contribution in [0.4, 0.5) is 0 Å². The van der Waals surface area contributed by atoms with Crippen molar-refractivity contribution in [3.63, 3.8) is 0 Å². The number of carbonyl (C=O) groups excluding carboxylic acids is 1.